The Morgan fingerprint density at radius 2 is 0.951 bits per heavy atom. The van der Waals surface area contributed by atoms with Crippen LogP contribution in [0, 0.1) is 0 Å². The number of carbonyl (C=O) groups is 2. The molecule has 4 aromatic rings. The van der Waals surface area contributed by atoms with Gasteiger partial charge in [-0.15, -0.1) is 0 Å². The molecule has 0 atom stereocenters. The molecular formula is C35H30O6. The molecule has 0 saturated carbocycles. The van der Waals surface area contributed by atoms with Crippen molar-refractivity contribution in [2.75, 3.05) is 26.4 Å². The van der Waals surface area contributed by atoms with Gasteiger partial charge in [-0.3, -0.25) is 0 Å². The fourth-order valence-corrected chi connectivity index (χ4v) is 5.35. The van der Waals surface area contributed by atoms with E-state index >= 15 is 0 Å². The Hall–Kier alpha value is -5.10. The minimum atomic E-state index is -0.566. The van der Waals surface area contributed by atoms with E-state index in [2.05, 4.69) is 86.0 Å². The Kier molecular flexibility index (Phi) is 8.30. The highest BCUT2D eigenvalue weighted by molar-refractivity contribution is 5.86. The monoisotopic (exact) mass is 546 g/mol. The molecule has 6 nitrogen and oxygen atoms in total. The fourth-order valence-electron chi connectivity index (χ4n) is 5.35. The molecule has 0 saturated heterocycles. The largest absolute Gasteiger partial charge is 0.490 e. The topological polar surface area (TPSA) is 71.1 Å². The first-order chi connectivity index (χ1) is 20.1. The minimum absolute atomic E-state index is 0.141. The van der Waals surface area contributed by atoms with Crippen LogP contribution in [0.4, 0.5) is 0 Å². The summed E-state index contributed by atoms with van der Waals surface area (Å²) < 4.78 is 21.6. The highest BCUT2D eigenvalue weighted by Crippen LogP contribution is 2.56. The number of hydrogen-bond donors (Lipinski definition) is 0. The van der Waals surface area contributed by atoms with Crippen LogP contribution >= 0.6 is 0 Å². The third-order valence-electron chi connectivity index (χ3n) is 7.05. The first-order valence-corrected chi connectivity index (χ1v) is 13.3. The standard InChI is InChI=1S/C35H30O6/c1-3-33(36)40-23-21-38-27-17-13-25(14-18-27)35(26-15-19-28(20-16-26)39-22-24-41-34(37)4-2)31-11-7-5-9-29(31)30-10-6-8-12-32(30)35/h3-20H,1-2,21-24H2. The van der Waals surface area contributed by atoms with Crippen LogP contribution in [0.2, 0.25) is 0 Å². The highest BCUT2D eigenvalue weighted by Gasteiger charge is 2.45. The third kappa shape index (κ3) is 5.50. The van der Waals surface area contributed by atoms with Gasteiger partial charge in [0, 0.05) is 12.2 Å². The van der Waals surface area contributed by atoms with E-state index < -0.39 is 17.4 Å². The maximum atomic E-state index is 11.3. The van der Waals surface area contributed by atoms with Gasteiger partial charge in [0.1, 0.15) is 37.9 Å². The maximum Gasteiger partial charge on any atom is 0.330 e. The number of ether oxygens (including phenoxy) is 4. The second-order valence-electron chi connectivity index (χ2n) is 9.33. The number of esters is 2. The summed E-state index contributed by atoms with van der Waals surface area (Å²) >= 11 is 0. The van der Waals surface area contributed by atoms with Crippen molar-refractivity contribution in [2.24, 2.45) is 0 Å². The van der Waals surface area contributed by atoms with Gasteiger partial charge < -0.3 is 18.9 Å². The molecule has 0 aromatic heterocycles. The van der Waals surface area contributed by atoms with Gasteiger partial charge in [0.25, 0.3) is 0 Å². The van der Waals surface area contributed by atoms with Gasteiger partial charge in [0.05, 0.1) is 5.41 Å². The van der Waals surface area contributed by atoms with Crippen LogP contribution in [0.5, 0.6) is 11.5 Å². The smallest absolute Gasteiger partial charge is 0.330 e. The lowest BCUT2D eigenvalue weighted by Crippen LogP contribution is -2.28. The molecule has 1 aliphatic carbocycles. The molecule has 0 N–H and O–H groups in total. The first-order valence-electron chi connectivity index (χ1n) is 13.3. The van der Waals surface area contributed by atoms with E-state index in [0.29, 0.717) is 11.5 Å². The molecule has 5 rings (SSSR count). The van der Waals surface area contributed by atoms with Crippen LogP contribution in [0.15, 0.2) is 122 Å². The molecule has 4 aromatic carbocycles. The molecule has 0 spiro atoms. The average molecular weight is 547 g/mol. The SMILES string of the molecule is C=CC(=O)OCCOc1ccc(C2(c3ccc(OCCOC(=O)C=C)cc3)c3ccccc3-c3ccccc32)cc1. The molecular weight excluding hydrogens is 516 g/mol. The average Bonchev–Trinajstić information content (AvgIpc) is 3.33. The van der Waals surface area contributed by atoms with E-state index in [1.807, 2.05) is 24.3 Å². The lowest BCUT2D eigenvalue weighted by molar-refractivity contribution is -0.139. The Morgan fingerprint density at radius 1 is 0.561 bits per heavy atom. The van der Waals surface area contributed by atoms with Crippen molar-refractivity contribution in [2.45, 2.75) is 5.41 Å². The predicted molar refractivity (Wildman–Crippen MR) is 157 cm³/mol. The lowest BCUT2D eigenvalue weighted by Gasteiger charge is -2.34. The molecule has 6 heteroatoms. The van der Waals surface area contributed by atoms with Crippen LogP contribution in [0.3, 0.4) is 0 Å². The maximum absolute atomic E-state index is 11.3. The van der Waals surface area contributed by atoms with Gasteiger partial charge in [-0.05, 0) is 57.6 Å². The Balaban J connectivity index is 1.48. The van der Waals surface area contributed by atoms with Gasteiger partial charge in [-0.1, -0.05) is 86.0 Å². The number of benzene rings is 4. The Labute approximate surface area is 239 Å². The van der Waals surface area contributed by atoms with E-state index in [9.17, 15) is 9.59 Å². The lowest BCUT2D eigenvalue weighted by atomic mass is 9.68. The molecule has 1 aliphatic rings. The van der Waals surface area contributed by atoms with Crippen LogP contribution in [0.1, 0.15) is 22.3 Å². The van der Waals surface area contributed by atoms with Crippen molar-refractivity contribution < 1.29 is 28.5 Å². The summed E-state index contributed by atoms with van der Waals surface area (Å²) in [6, 6.07) is 33.1. The fraction of sp³-hybridized carbons (Fsp3) is 0.143. The highest BCUT2D eigenvalue weighted by atomic mass is 16.6. The van der Waals surface area contributed by atoms with Gasteiger partial charge in [0.2, 0.25) is 0 Å². The molecule has 0 fully saturated rings. The zero-order valence-electron chi connectivity index (χ0n) is 22.6. The number of carbonyl (C=O) groups excluding carboxylic acids is 2. The summed E-state index contributed by atoms with van der Waals surface area (Å²) in [5.41, 5.74) is 6.38. The third-order valence-corrected chi connectivity index (χ3v) is 7.05. The molecule has 206 valence electrons. The quantitative estimate of drug-likeness (QED) is 0.104. The summed E-state index contributed by atoms with van der Waals surface area (Å²) in [7, 11) is 0. The second-order valence-corrected chi connectivity index (χ2v) is 9.33. The van der Waals surface area contributed by atoms with Crippen molar-refractivity contribution in [3.63, 3.8) is 0 Å². The zero-order chi connectivity index (χ0) is 28.7. The molecule has 0 unspecified atom stereocenters. The number of rotatable bonds is 12. The van der Waals surface area contributed by atoms with E-state index in [0.717, 1.165) is 23.3 Å². The summed E-state index contributed by atoms with van der Waals surface area (Å²) in [5.74, 6) is 0.409. The van der Waals surface area contributed by atoms with Crippen molar-refractivity contribution >= 4 is 11.9 Å². The zero-order valence-corrected chi connectivity index (χ0v) is 22.6. The van der Waals surface area contributed by atoms with Gasteiger partial charge >= 0.3 is 11.9 Å². The summed E-state index contributed by atoms with van der Waals surface area (Å²) in [6.07, 6.45) is 2.26. The van der Waals surface area contributed by atoms with Gasteiger partial charge in [0.15, 0.2) is 0 Å². The van der Waals surface area contributed by atoms with Crippen LogP contribution in [-0.2, 0) is 24.5 Å². The summed E-state index contributed by atoms with van der Waals surface area (Å²) in [6.45, 7) is 7.56. The Bertz CT molecular complexity index is 1430. The molecule has 0 radical (unpaired) electrons. The van der Waals surface area contributed by atoms with E-state index in [-0.39, 0.29) is 26.4 Å². The van der Waals surface area contributed by atoms with E-state index in [1.165, 1.54) is 22.3 Å². The van der Waals surface area contributed by atoms with Crippen molar-refractivity contribution in [3.8, 4) is 22.6 Å². The van der Waals surface area contributed by atoms with Crippen LogP contribution < -0.4 is 9.47 Å². The van der Waals surface area contributed by atoms with Gasteiger partial charge in [-0.2, -0.15) is 0 Å². The normalized spacial score (nSPS) is 12.4. The minimum Gasteiger partial charge on any atom is -0.490 e. The molecule has 0 aliphatic heterocycles. The van der Waals surface area contributed by atoms with Crippen LogP contribution in [0.25, 0.3) is 11.1 Å². The summed E-state index contributed by atoms with van der Waals surface area (Å²) in [4.78, 5) is 22.6. The molecule has 0 heterocycles. The predicted octanol–water partition coefficient (Wildman–Crippen LogP) is 6.27. The number of fused-ring (bicyclic) bond motifs is 3. The second kappa shape index (κ2) is 12.4. The van der Waals surface area contributed by atoms with Crippen molar-refractivity contribution in [1.29, 1.82) is 0 Å². The van der Waals surface area contributed by atoms with Crippen molar-refractivity contribution in [1.82, 2.24) is 0 Å². The number of hydrogen-bond acceptors (Lipinski definition) is 6. The molecule has 0 bridgehead atoms. The van der Waals surface area contributed by atoms with Crippen molar-refractivity contribution in [3.05, 3.63) is 145 Å². The Morgan fingerprint density at radius 3 is 1.34 bits per heavy atom. The molecule has 41 heavy (non-hydrogen) atoms. The first kappa shape index (κ1) is 27.5. The van der Waals surface area contributed by atoms with E-state index in [1.54, 1.807) is 0 Å². The molecule has 0 amide bonds. The summed E-state index contributed by atoms with van der Waals surface area (Å²) in [5, 5.41) is 0. The van der Waals surface area contributed by atoms with Crippen LogP contribution in [-0.4, -0.2) is 38.4 Å². The van der Waals surface area contributed by atoms with E-state index in [4.69, 9.17) is 18.9 Å². The van der Waals surface area contributed by atoms with Gasteiger partial charge in [-0.25, -0.2) is 9.59 Å².